The first-order valence-electron chi connectivity index (χ1n) is 7.88. The lowest BCUT2D eigenvalue weighted by Gasteiger charge is -2.27. The number of hydrogen-bond acceptors (Lipinski definition) is 2. The predicted molar refractivity (Wildman–Crippen MR) is 96.8 cm³/mol. The Hall–Kier alpha value is -1.78. The number of fused-ring (bicyclic) bond motifs is 3. The van der Waals surface area contributed by atoms with Crippen molar-refractivity contribution in [2.45, 2.75) is 19.5 Å². The van der Waals surface area contributed by atoms with E-state index in [1.807, 2.05) is 12.1 Å². The van der Waals surface area contributed by atoms with Gasteiger partial charge in [-0.1, -0.05) is 34.1 Å². The van der Waals surface area contributed by atoms with Crippen LogP contribution in [0.25, 0.3) is 10.9 Å². The van der Waals surface area contributed by atoms with E-state index in [0.717, 1.165) is 36.3 Å². The zero-order valence-electron chi connectivity index (χ0n) is 13.1. The van der Waals surface area contributed by atoms with Gasteiger partial charge in [-0.05, 0) is 36.2 Å². The molecule has 0 saturated heterocycles. The van der Waals surface area contributed by atoms with E-state index in [-0.39, 0.29) is 0 Å². The van der Waals surface area contributed by atoms with E-state index >= 15 is 0 Å². The van der Waals surface area contributed by atoms with E-state index in [4.69, 9.17) is 4.74 Å². The van der Waals surface area contributed by atoms with Crippen molar-refractivity contribution in [2.75, 3.05) is 13.7 Å². The van der Waals surface area contributed by atoms with Crippen molar-refractivity contribution in [3.8, 4) is 5.75 Å². The summed E-state index contributed by atoms with van der Waals surface area (Å²) in [5.74, 6) is 0.954. The van der Waals surface area contributed by atoms with E-state index in [2.05, 4.69) is 56.1 Å². The first-order chi connectivity index (χ1) is 11.2. The van der Waals surface area contributed by atoms with Gasteiger partial charge >= 0.3 is 0 Å². The lowest BCUT2D eigenvalue weighted by Crippen LogP contribution is -2.30. The van der Waals surface area contributed by atoms with E-state index in [0.29, 0.717) is 0 Å². The van der Waals surface area contributed by atoms with Crippen molar-refractivity contribution in [1.82, 2.24) is 9.88 Å². The maximum Gasteiger partial charge on any atom is 0.123 e. The van der Waals surface area contributed by atoms with Crippen molar-refractivity contribution in [1.29, 1.82) is 0 Å². The van der Waals surface area contributed by atoms with Crippen LogP contribution in [0.5, 0.6) is 5.75 Å². The Morgan fingerprint density at radius 1 is 1.22 bits per heavy atom. The van der Waals surface area contributed by atoms with Crippen molar-refractivity contribution in [3.05, 3.63) is 63.8 Å². The van der Waals surface area contributed by atoms with Crippen LogP contribution < -0.4 is 4.74 Å². The highest BCUT2D eigenvalue weighted by molar-refractivity contribution is 9.10. The normalized spacial score (nSPS) is 14.9. The highest BCUT2D eigenvalue weighted by atomic mass is 79.9. The van der Waals surface area contributed by atoms with Gasteiger partial charge in [0, 0.05) is 46.3 Å². The summed E-state index contributed by atoms with van der Waals surface area (Å²) in [7, 11) is 1.73. The quantitative estimate of drug-likeness (QED) is 0.735. The molecule has 0 bridgehead atoms. The van der Waals surface area contributed by atoms with Crippen LogP contribution in [-0.4, -0.2) is 23.5 Å². The van der Waals surface area contributed by atoms with Gasteiger partial charge in [0.25, 0.3) is 0 Å². The second-order valence-electron chi connectivity index (χ2n) is 6.04. The zero-order chi connectivity index (χ0) is 15.8. The molecule has 0 radical (unpaired) electrons. The highest BCUT2D eigenvalue weighted by Crippen LogP contribution is 2.30. The molecule has 0 atom stereocenters. The fourth-order valence-corrected chi connectivity index (χ4v) is 3.90. The number of nitrogens with one attached hydrogen (secondary N) is 1. The van der Waals surface area contributed by atoms with Gasteiger partial charge in [0.2, 0.25) is 0 Å². The standard InChI is InChI=1S/C19H19BrN2O/c1-23-19-7-6-14(20)10-13(19)11-22-9-8-16-15-4-2-3-5-17(15)21-18(16)12-22/h2-7,10,21H,8-9,11-12H2,1H3. The van der Waals surface area contributed by atoms with Gasteiger partial charge in [-0.15, -0.1) is 0 Å². The number of nitrogens with zero attached hydrogens (tertiary/aromatic N) is 1. The third kappa shape index (κ3) is 2.77. The average molecular weight is 371 g/mol. The van der Waals surface area contributed by atoms with Crippen molar-refractivity contribution >= 4 is 26.8 Å². The van der Waals surface area contributed by atoms with Crippen LogP contribution in [0, 0.1) is 0 Å². The van der Waals surface area contributed by atoms with E-state index in [9.17, 15) is 0 Å². The van der Waals surface area contributed by atoms with E-state index < -0.39 is 0 Å². The molecule has 4 rings (SSSR count). The maximum atomic E-state index is 5.50. The number of rotatable bonds is 3. The van der Waals surface area contributed by atoms with Gasteiger partial charge in [-0.2, -0.15) is 0 Å². The minimum absolute atomic E-state index is 0.900. The molecular weight excluding hydrogens is 352 g/mol. The van der Waals surface area contributed by atoms with Crippen LogP contribution in [0.3, 0.4) is 0 Å². The Morgan fingerprint density at radius 3 is 2.96 bits per heavy atom. The molecule has 0 fully saturated rings. The number of para-hydroxylation sites is 1. The molecule has 0 aliphatic carbocycles. The summed E-state index contributed by atoms with van der Waals surface area (Å²) in [6, 6.07) is 14.8. The SMILES string of the molecule is COc1ccc(Br)cc1CN1CCc2c([nH]c3ccccc23)C1. The molecule has 0 saturated carbocycles. The number of hydrogen-bond donors (Lipinski definition) is 1. The Balaban J connectivity index is 1.60. The average Bonchev–Trinajstić information content (AvgIpc) is 2.93. The van der Waals surface area contributed by atoms with Gasteiger partial charge in [-0.3, -0.25) is 4.90 Å². The summed E-state index contributed by atoms with van der Waals surface area (Å²) in [5, 5.41) is 1.38. The molecule has 2 aromatic carbocycles. The lowest BCUT2D eigenvalue weighted by atomic mass is 10.0. The molecule has 1 aliphatic rings. The molecule has 1 aromatic heterocycles. The van der Waals surface area contributed by atoms with Crippen LogP contribution >= 0.6 is 15.9 Å². The highest BCUT2D eigenvalue weighted by Gasteiger charge is 2.21. The third-order valence-electron chi connectivity index (χ3n) is 4.60. The Labute approximate surface area is 144 Å². The van der Waals surface area contributed by atoms with Crippen LogP contribution in [0.4, 0.5) is 0 Å². The molecule has 0 unspecified atom stereocenters. The number of ether oxygens (including phenoxy) is 1. The van der Waals surface area contributed by atoms with Gasteiger partial charge < -0.3 is 9.72 Å². The molecule has 0 spiro atoms. The molecule has 3 nitrogen and oxygen atoms in total. The molecule has 118 valence electrons. The van der Waals surface area contributed by atoms with E-state index in [1.165, 1.54) is 27.7 Å². The Kier molecular flexibility index (Phi) is 3.87. The fraction of sp³-hybridized carbons (Fsp3) is 0.263. The predicted octanol–water partition coefficient (Wildman–Crippen LogP) is 4.50. The van der Waals surface area contributed by atoms with Crippen molar-refractivity contribution in [2.24, 2.45) is 0 Å². The molecular formula is C19H19BrN2O. The molecule has 3 aromatic rings. The van der Waals surface area contributed by atoms with Gasteiger partial charge in [-0.25, -0.2) is 0 Å². The summed E-state index contributed by atoms with van der Waals surface area (Å²) in [5.41, 5.74) is 5.31. The smallest absolute Gasteiger partial charge is 0.123 e. The van der Waals surface area contributed by atoms with Gasteiger partial charge in [0.1, 0.15) is 5.75 Å². The molecule has 0 amide bonds. The Morgan fingerprint density at radius 2 is 2.09 bits per heavy atom. The molecule has 23 heavy (non-hydrogen) atoms. The number of methoxy groups -OCH3 is 1. The molecule has 4 heteroatoms. The molecule has 1 N–H and O–H groups in total. The largest absolute Gasteiger partial charge is 0.496 e. The van der Waals surface area contributed by atoms with Crippen molar-refractivity contribution in [3.63, 3.8) is 0 Å². The van der Waals surface area contributed by atoms with Crippen LogP contribution in [0.1, 0.15) is 16.8 Å². The summed E-state index contributed by atoms with van der Waals surface area (Å²) < 4.78 is 6.60. The second kappa shape index (κ2) is 6.02. The number of benzene rings is 2. The van der Waals surface area contributed by atoms with Gasteiger partial charge in [0.05, 0.1) is 7.11 Å². The van der Waals surface area contributed by atoms with Crippen molar-refractivity contribution < 1.29 is 4.74 Å². The summed E-state index contributed by atoms with van der Waals surface area (Å²) >= 11 is 3.56. The van der Waals surface area contributed by atoms with Crippen LogP contribution in [-0.2, 0) is 19.5 Å². The third-order valence-corrected chi connectivity index (χ3v) is 5.09. The minimum Gasteiger partial charge on any atom is -0.496 e. The minimum atomic E-state index is 0.900. The van der Waals surface area contributed by atoms with Gasteiger partial charge in [0.15, 0.2) is 0 Å². The van der Waals surface area contributed by atoms with Crippen LogP contribution in [0.15, 0.2) is 46.9 Å². The first kappa shape index (κ1) is 14.8. The van der Waals surface area contributed by atoms with Crippen LogP contribution in [0.2, 0.25) is 0 Å². The zero-order valence-corrected chi connectivity index (χ0v) is 14.7. The number of aromatic amines is 1. The summed E-state index contributed by atoms with van der Waals surface area (Å²) in [6.45, 7) is 2.93. The monoisotopic (exact) mass is 370 g/mol. The second-order valence-corrected chi connectivity index (χ2v) is 6.96. The summed E-state index contributed by atoms with van der Waals surface area (Å²) in [6.07, 6.45) is 1.09. The molecule has 1 aliphatic heterocycles. The first-order valence-corrected chi connectivity index (χ1v) is 8.67. The number of H-pyrrole nitrogens is 1. The Bertz CT molecular complexity index is 856. The number of aromatic nitrogens is 1. The summed E-state index contributed by atoms with van der Waals surface area (Å²) in [4.78, 5) is 6.06. The molecule has 2 heterocycles. The maximum absolute atomic E-state index is 5.50. The lowest BCUT2D eigenvalue weighted by molar-refractivity contribution is 0.239. The fourth-order valence-electron chi connectivity index (χ4n) is 3.50. The van der Waals surface area contributed by atoms with E-state index in [1.54, 1.807) is 7.11 Å². The topological polar surface area (TPSA) is 28.3 Å². The number of halogens is 1.